The molecule has 0 saturated heterocycles. The van der Waals surface area contributed by atoms with E-state index in [-0.39, 0.29) is 0 Å². The number of nitrogens with one attached hydrogen (secondary N) is 1. The SMILES string of the molecule is C=Cc1[nH]c2ccccc2c1CC#C[Si](C(C)C)(C(C)C)C(C)C. The lowest BCUT2D eigenvalue weighted by molar-refractivity contribution is 0.838. The summed E-state index contributed by atoms with van der Waals surface area (Å²) in [5.74, 6) is 3.58. The predicted molar refractivity (Wildman–Crippen MR) is 111 cm³/mol. The first-order valence-corrected chi connectivity index (χ1v) is 11.3. The zero-order chi connectivity index (χ0) is 17.9. The van der Waals surface area contributed by atoms with Gasteiger partial charge >= 0.3 is 0 Å². The van der Waals surface area contributed by atoms with Crippen LogP contribution in [-0.2, 0) is 6.42 Å². The van der Waals surface area contributed by atoms with Gasteiger partial charge in [0, 0.05) is 23.0 Å². The van der Waals surface area contributed by atoms with Gasteiger partial charge in [-0.15, -0.1) is 11.5 Å². The van der Waals surface area contributed by atoms with Crippen molar-refractivity contribution in [1.82, 2.24) is 4.98 Å². The number of aromatic amines is 1. The van der Waals surface area contributed by atoms with Crippen LogP contribution >= 0.6 is 0 Å². The molecule has 0 aliphatic rings. The van der Waals surface area contributed by atoms with E-state index in [9.17, 15) is 0 Å². The van der Waals surface area contributed by atoms with Crippen LogP contribution in [0.5, 0.6) is 0 Å². The molecule has 0 fully saturated rings. The lowest BCUT2D eigenvalue weighted by atomic mass is 10.1. The third-order valence-corrected chi connectivity index (χ3v) is 11.8. The van der Waals surface area contributed by atoms with Crippen molar-refractivity contribution >= 4 is 25.1 Å². The Morgan fingerprint density at radius 1 is 1.04 bits per heavy atom. The van der Waals surface area contributed by atoms with E-state index < -0.39 is 8.07 Å². The fourth-order valence-corrected chi connectivity index (χ4v) is 9.56. The normalized spacial score (nSPS) is 12.0. The van der Waals surface area contributed by atoms with Crippen LogP contribution in [0.3, 0.4) is 0 Å². The number of rotatable bonds is 5. The molecule has 0 radical (unpaired) electrons. The van der Waals surface area contributed by atoms with Gasteiger partial charge in [-0.1, -0.05) is 66.3 Å². The van der Waals surface area contributed by atoms with Gasteiger partial charge in [-0.25, -0.2) is 0 Å². The molecule has 0 aliphatic carbocycles. The summed E-state index contributed by atoms with van der Waals surface area (Å²) in [6, 6.07) is 8.45. The van der Waals surface area contributed by atoms with E-state index in [1.807, 2.05) is 6.08 Å². The topological polar surface area (TPSA) is 15.8 Å². The molecule has 1 aromatic heterocycles. The summed E-state index contributed by atoms with van der Waals surface area (Å²) in [7, 11) is -1.65. The molecule has 0 amide bonds. The number of para-hydroxylation sites is 1. The predicted octanol–water partition coefficient (Wildman–Crippen LogP) is 6.57. The van der Waals surface area contributed by atoms with Crippen LogP contribution in [-0.4, -0.2) is 13.1 Å². The Kier molecular flexibility index (Phi) is 5.77. The van der Waals surface area contributed by atoms with E-state index in [1.165, 1.54) is 16.5 Å². The molecule has 1 heterocycles. The van der Waals surface area contributed by atoms with E-state index in [1.54, 1.807) is 0 Å². The molecule has 24 heavy (non-hydrogen) atoms. The summed E-state index contributed by atoms with van der Waals surface area (Å²) in [6.07, 6.45) is 2.71. The highest BCUT2D eigenvalue weighted by Crippen LogP contribution is 2.40. The summed E-state index contributed by atoms with van der Waals surface area (Å²) in [6.45, 7) is 18.1. The van der Waals surface area contributed by atoms with Crippen LogP contribution in [0, 0.1) is 11.5 Å². The fourth-order valence-electron chi connectivity index (χ4n) is 4.30. The highest BCUT2D eigenvalue weighted by atomic mass is 28.3. The minimum absolute atomic E-state index is 0.673. The van der Waals surface area contributed by atoms with Gasteiger partial charge in [0.15, 0.2) is 0 Å². The van der Waals surface area contributed by atoms with E-state index in [0.29, 0.717) is 16.6 Å². The number of fused-ring (bicyclic) bond motifs is 1. The molecular formula is C22H31NSi. The third-order valence-electron chi connectivity index (χ3n) is 5.49. The molecule has 0 unspecified atom stereocenters. The molecule has 2 rings (SSSR count). The molecule has 0 aliphatic heterocycles. The van der Waals surface area contributed by atoms with Crippen LogP contribution in [0.1, 0.15) is 52.8 Å². The molecule has 0 bridgehead atoms. The lowest BCUT2D eigenvalue weighted by Gasteiger charge is -2.38. The summed E-state index contributed by atoms with van der Waals surface area (Å²) >= 11 is 0. The largest absolute Gasteiger partial charge is 0.355 e. The number of benzene rings is 1. The monoisotopic (exact) mass is 337 g/mol. The summed E-state index contributed by atoms with van der Waals surface area (Å²) < 4.78 is 0. The first-order valence-electron chi connectivity index (χ1n) is 9.06. The Morgan fingerprint density at radius 2 is 1.62 bits per heavy atom. The van der Waals surface area contributed by atoms with Crippen molar-refractivity contribution in [3.8, 4) is 11.5 Å². The van der Waals surface area contributed by atoms with Gasteiger partial charge in [-0.2, -0.15) is 0 Å². The maximum atomic E-state index is 3.96. The Labute approximate surface area is 148 Å². The van der Waals surface area contributed by atoms with Crippen LogP contribution in [0.4, 0.5) is 0 Å². The van der Waals surface area contributed by atoms with E-state index in [2.05, 4.69) is 88.8 Å². The molecule has 1 N–H and O–H groups in total. The Balaban J connectivity index is 2.44. The van der Waals surface area contributed by atoms with Crippen molar-refractivity contribution in [3.05, 3.63) is 42.1 Å². The lowest BCUT2D eigenvalue weighted by Crippen LogP contribution is -2.43. The summed E-state index contributed by atoms with van der Waals surface area (Å²) in [5.41, 5.74) is 9.41. The molecule has 1 nitrogen and oxygen atoms in total. The van der Waals surface area contributed by atoms with Crippen molar-refractivity contribution in [2.24, 2.45) is 0 Å². The average Bonchev–Trinajstić information content (AvgIpc) is 2.88. The Hall–Kier alpha value is -1.72. The smallest absolute Gasteiger partial charge is 0.145 e. The van der Waals surface area contributed by atoms with E-state index >= 15 is 0 Å². The quantitative estimate of drug-likeness (QED) is 0.469. The second kappa shape index (κ2) is 7.45. The van der Waals surface area contributed by atoms with Gasteiger partial charge < -0.3 is 4.98 Å². The first kappa shape index (κ1) is 18.6. The standard InChI is InChI=1S/C22H31NSi/c1-8-21-19(20-12-9-10-14-22(20)23-21)13-11-15-24(16(2)3,17(4)5)18(6)7/h8-10,12,14,16-18,23H,1,13H2,2-7H3. The molecule has 0 spiro atoms. The second-order valence-electron chi connectivity index (χ2n) is 7.64. The second-order valence-corrected chi connectivity index (χ2v) is 13.2. The van der Waals surface area contributed by atoms with Gasteiger partial charge in [-0.3, -0.25) is 0 Å². The van der Waals surface area contributed by atoms with Crippen molar-refractivity contribution in [1.29, 1.82) is 0 Å². The number of hydrogen-bond acceptors (Lipinski definition) is 0. The number of aromatic nitrogens is 1. The number of H-pyrrole nitrogens is 1. The Bertz CT molecular complexity index is 746. The van der Waals surface area contributed by atoms with Gasteiger partial charge in [0.25, 0.3) is 0 Å². The van der Waals surface area contributed by atoms with E-state index in [0.717, 1.165) is 12.1 Å². The maximum Gasteiger partial charge on any atom is 0.145 e. The molecule has 1 aromatic carbocycles. The molecule has 2 aromatic rings. The molecule has 0 saturated carbocycles. The van der Waals surface area contributed by atoms with Crippen LogP contribution in [0.2, 0.25) is 16.6 Å². The molecular weight excluding hydrogens is 306 g/mol. The Morgan fingerprint density at radius 3 is 2.17 bits per heavy atom. The average molecular weight is 338 g/mol. The van der Waals surface area contributed by atoms with Gasteiger partial charge in [-0.05, 0) is 34.3 Å². The summed E-state index contributed by atoms with van der Waals surface area (Å²) in [4.78, 5) is 3.46. The van der Waals surface area contributed by atoms with Crippen LogP contribution < -0.4 is 0 Å². The van der Waals surface area contributed by atoms with E-state index in [4.69, 9.17) is 0 Å². The highest BCUT2D eigenvalue weighted by molar-refractivity contribution is 6.90. The number of hydrogen-bond donors (Lipinski definition) is 1. The molecule has 0 atom stereocenters. The van der Waals surface area contributed by atoms with Crippen LogP contribution in [0.25, 0.3) is 17.0 Å². The third kappa shape index (κ3) is 3.23. The summed E-state index contributed by atoms with van der Waals surface area (Å²) in [5, 5.41) is 1.27. The minimum atomic E-state index is -1.65. The van der Waals surface area contributed by atoms with Crippen molar-refractivity contribution < 1.29 is 0 Å². The van der Waals surface area contributed by atoms with Gasteiger partial charge in [0.05, 0.1) is 0 Å². The van der Waals surface area contributed by atoms with Crippen LogP contribution in [0.15, 0.2) is 30.8 Å². The molecule has 2 heteroatoms. The van der Waals surface area contributed by atoms with Crippen molar-refractivity contribution in [3.63, 3.8) is 0 Å². The van der Waals surface area contributed by atoms with Crippen molar-refractivity contribution in [2.45, 2.75) is 64.6 Å². The van der Waals surface area contributed by atoms with Gasteiger partial charge in [0.1, 0.15) is 8.07 Å². The zero-order valence-corrected chi connectivity index (χ0v) is 17.0. The highest BCUT2D eigenvalue weighted by Gasteiger charge is 2.41. The first-order chi connectivity index (χ1) is 11.3. The fraction of sp³-hybridized carbons (Fsp3) is 0.455. The minimum Gasteiger partial charge on any atom is -0.355 e. The zero-order valence-electron chi connectivity index (χ0n) is 16.0. The van der Waals surface area contributed by atoms with Gasteiger partial charge in [0.2, 0.25) is 0 Å². The molecule has 128 valence electrons. The van der Waals surface area contributed by atoms with Crippen molar-refractivity contribution in [2.75, 3.05) is 0 Å². The maximum absolute atomic E-state index is 3.96.